The zero-order valence-corrected chi connectivity index (χ0v) is 10.5. The highest BCUT2D eigenvalue weighted by molar-refractivity contribution is 5.03. The SMILES string of the molecule is CC(C)Cn1cc(CN[C@H](C)CCO)cn1. The van der Waals surface area contributed by atoms with Gasteiger partial charge in [-0.2, -0.15) is 5.10 Å². The van der Waals surface area contributed by atoms with Gasteiger partial charge in [0.1, 0.15) is 0 Å². The van der Waals surface area contributed by atoms with Gasteiger partial charge < -0.3 is 10.4 Å². The molecule has 1 atom stereocenters. The Labute approximate surface area is 97.7 Å². The van der Waals surface area contributed by atoms with Crippen molar-refractivity contribution in [2.75, 3.05) is 6.61 Å². The summed E-state index contributed by atoms with van der Waals surface area (Å²) in [5.74, 6) is 0.619. The molecule has 0 aromatic carbocycles. The summed E-state index contributed by atoms with van der Waals surface area (Å²) < 4.78 is 1.98. The van der Waals surface area contributed by atoms with Gasteiger partial charge in [-0.3, -0.25) is 4.68 Å². The van der Waals surface area contributed by atoms with E-state index in [1.165, 1.54) is 5.56 Å². The van der Waals surface area contributed by atoms with E-state index in [0.717, 1.165) is 19.5 Å². The van der Waals surface area contributed by atoms with E-state index in [9.17, 15) is 0 Å². The Balaban J connectivity index is 2.34. The number of hydrogen-bond donors (Lipinski definition) is 2. The standard InChI is InChI=1S/C12H23N3O/c1-10(2)8-15-9-12(7-14-15)6-13-11(3)4-5-16/h7,9-11,13,16H,4-6,8H2,1-3H3/t11-/m1/s1. The molecular weight excluding hydrogens is 202 g/mol. The second-order valence-electron chi connectivity index (χ2n) is 4.76. The van der Waals surface area contributed by atoms with E-state index in [-0.39, 0.29) is 6.61 Å². The molecule has 0 fully saturated rings. The molecule has 16 heavy (non-hydrogen) atoms. The van der Waals surface area contributed by atoms with Crippen LogP contribution in [0.3, 0.4) is 0 Å². The monoisotopic (exact) mass is 225 g/mol. The molecule has 1 rings (SSSR count). The molecule has 4 heteroatoms. The summed E-state index contributed by atoms with van der Waals surface area (Å²) in [5.41, 5.74) is 1.20. The molecule has 0 bridgehead atoms. The lowest BCUT2D eigenvalue weighted by Gasteiger charge is -2.10. The fourth-order valence-electron chi connectivity index (χ4n) is 1.56. The van der Waals surface area contributed by atoms with Crippen LogP contribution < -0.4 is 5.32 Å². The van der Waals surface area contributed by atoms with Gasteiger partial charge in [0, 0.05) is 37.5 Å². The van der Waals surface area contributed by atoms with Crippen LogP contribution in [-0.4, -0.2) is 27.5 Å². The highest BCUT2D eigenvalue weighted by Crippen LogP contribution is 2.02. The molecule has 0 saturated heterocycles. The average molecular weight is 225 g/mol. The third-order valence-corrected chi connectivity index (χ3v) is 2.46. The first kappa shape index (κ1) is 13.2. The van der Waals surface area contributed by atoms with Crippen LogP contribution in [0.25, 0.3) is 0 Å². The first-order chi connectivity index (χ1) is 7.61. The Bertz CT molecular complexity index is 296. The molecule has 0 aliphatic rings. The van der Waals surface area contributed by atoms with Crippen LogP contribution >= 0.6 is 0 Å². The van der Waals surface area contributed by atoms with Crippen molar-refractivity contribution in [1.82, 2.24) is 15.1 Å². The molecule has 0 amide bonds. The Morgan fingerprint density at radius 3 is 2.81 bits per heavy atom. The van der Waals surface area contributed by atoms with Crippen molar-refractivity contribution in [2.45, 2.75) is 46.3 Å². The zero-order valence-electron chi connectivity index (χ0n) is 10.5. The number of aromatic nitrogens is 2. The van der Waals surface area contributed by atoms with Crippen LogP contribution in [0, 0.1) is 5.92 Å². The smallest absolute Gasteiger partial charge is 0.0534 e. The molecule has 0 aliphatic heterocycles. The van der Waals surface area contributed by atoms with Crippen LogP contribution in [0.15, 0.2) is 12.4 Å². The van der Waals surface area contributed by atoms with E-state index in [2.05, 4.69) is 37.4 Å². The predicted molar refractivity (Wildman–Crippen MR) is 65.1 cm³/mol. The molecule has 4 nitrogen and oxygen atoms in total. The molecule has 1 aromatic heterocycles. The van der Waals surface area contributed by atoms with Gasteiger partial charge in [0.2, 0.25) is 0 Å². The summed E-state index contributed by atoms with van der Waals surface area (Å²) in [6, 6.07) is 0.346. The largest absolute Gasteiger partial charge is 0.396 e. The van der Waals surface area contributed by atoms with Crippen molar-refractivity contribution in [3.8, 4) is 0 Å². The molecule has 0 radical (unpaired) electrons. The topological polar surface area (TPSA) is 50.1 Å². The van der Waals surface area contributed by atoms with Crippen molar-refractivity contribution in [2.24, 2.45) is 5.92 Å². The number of aliphatic hydroxyl groups is 1. The number of rotatable bonds is 7. The highest BCUT2D eigenvalue weighted by Gasteiger charge is 2.03. The van der Waals surface area contributed by atoms with Gasteiger partial charge in [0.25, 0.3) is 0 Å². The van der Waals surface area contributed by atoms with E-state index in [1.807, 2.05) is 10.9 Å². The van der Waals surface area contributed by atoms with Crippen LogP contribution in [0.5, 0.6) is 0 Å². The van der Waals surface area contributed by atoms with E-state index < -0.39 is 0 Å². The summed E-state index contributed by atoms with van der Waals surface area (Å²) in [6.45, 7) is 8.47. The quantitative estimate of drug-likeness (QED) is 0.737. The molecule has 0 spiro atoms. The van der Waals surface area contributed by atoms with Crippen LogP contribution in [0.2, 0.25) is 0 Å². The third-order valence-electron chi connectivity index (χ3n) is 2.46. The minimum absolute atomic E-state index is 0.237. The lowest BCUT2D eigenvalue weighted by atomic mass is 10.2. The molecule has 0 aliphatic carbocycles. The van der Waals surface area contributed by atoms with Crippen LogP contribution in [0.1, 0.15) is 32.8 Å². The van der Waals surface area contributed by atoms with Gasteiger partial charge in [0.05, 0.1) is 6.20 Å². The Morgan fingerprint density at radius 2 is 2.19 bits per heavy atom. The van der Waals surface area contributed by atoms with Gasteiger partial charge in [-0.05, 0) is 19.3 Å². The second-order valence-corrected chi connectivity index (χ2v) is 4.76. The van der Waals surface area contributed by atoms with Gasteiger partial charge in [0.15, 0.2) is 0 Å². The maximum Gasteiger partial charge on any atom is 0.0534 e. The predicted octanol–water partition coefficient (Wildman–Crippen LogP) is 1.40. The summed E-state index contributed by atoms with van der Waals surface area (Å²) in [7, 11) is 0. The summed E-state index contributed by atoms with van der Waals surface area (Å²) >= 11 is 0. The van der Waals surface area contributed by atoms with E-state index in [0.29, 0.717) is 12.0 Å². The number of aliphatic hydroxyl groups excluding tert-OH is 1. The van der Waals surface area contributed by atoms with E-state index in [1.54, 1.807) is 0 Å². The minimum atomic E-state index is 0.237. The van der Waals surface area contributed by atoms with Crippen molar-refractivity contribution >= 4 is 0 Å². The van der Waals surface area contributed by atoms with Crippen molar-refractivity contribution in [1.29, 1.82) is 0 Å². The fraction of sp³-hybridized carbons (Fsp3) is 0.750. The average Bonchev–Trinajstić information content (AvgIpc) is 2.62. The van der Waals surface area contributed by atoms with Gasteiger partial charge in [-0.1, -0.05) is 13.8 Å². The number of nitrogens with zero attached hydrogens (tertiary/aromatic N) is 2. The van der Waals surface area contributed by atoms with Gasteiger partial charge in [-0.25, -0.2) is 0 Å². The van der Waals surface area contributed by atoms with Gasteiger partial charge >= 0.3 is 0 Å². The minimum Gasteiger partial charge on any atom is -0.396 e. The van der Waals surface area contributed by atoms with E-state index >= 15 is 0 Å². The first-order valence-corrected chi connectivity index (χ1v) is 5.97. The Kier molecular flexibility index (Phi) is 5.49. The molecule has 1 aromatic rings. The summed E-state index contributed by atoms with van der Waals surface area (Å²) in [6.07, 6.45) is 4.78. The maximum atomic E-state index is 8.78. The van der Waals surface area contributed by atoms with Crippen LogP contribution in [-0.2, 0) is 13.1 Å². The number of hydrogen-bond acceptors (Lipinski definition) is 3. The third kappa shape index (κ3) is 4.77. The van der Waals surface area contributed by atoms with Crippen molar-refractivity contribution < 1.29 is 5.11 Å². The zero-order chi connectivity index (χ0) is 12.0. The maximum absolute atomic E-state index is 8.78. The van der Waals surface area contributed by atoms with E-state index in [4.69, 9.17) is 5.11 Å². The molecule has 0 saturated carbocycles. The Morgan fingerprint density at radius 1 is 1.44 bits per heavy atom. The van der Waals surface area contributed by atoms with Crippen LogP contribution in [0.4, 0.5) is 0 Å². The highest BCUT2D eigenvalue weighted by atomic mass is 16.3. The van der Waals surface area contributed by atoms with Crippen molar-refractivity contribution in [3.63, 3.8) is 0 Å². The molecule has 92 valence electrons. The second kappa shape index (κ2) is 6.66. The fourth-order valence-corrected chi connectivity index (χ4v) is 1.56. The summed E-state index contributed by atoms with van der Waals surface area (Å²) in [4.78, 5) is 0. The van der Waals surface area contributed by atoms with Crippen molar-refractivity contribution in [3.05, 3.63) is 18.0 Å². The Hall–Kier alpha value is -0.870. The lowest BCUT2D eigenvalue weighted by Crippen LogP contribution is -2.26. The normalized spacial score (nSPS) is 13.3. The summed E-state index contributed by atoms with van der Waals surface area (Å²) in [5, 5.41) is 16.4. The number of nitrogens with one attached hydrogen (secondary N) is 1. The molecule has 1 heterocycles. The molecule has 2 N–H and O–H groups in total. The molecule has 0 unspecified atom stereocenters. The molecular formula is C12H23N3O. The first-order valence-electron chi connectivity index (χ1n) is 5.97. The van der Waals surface area contributed by atoms with Gasteiger partial charge in [-0.15, -0.1) is 0 Å². The lowest BCUT2D eigenvalue weighted by molar-refractivity contribution is 0.268.